The number of nitrogens with one attached hydrogen (secondary N) is 1. The summed E-state index contributed by atoms with van der Waals surface area (Å²) in [5.74, 6) is 1.07. The lowest BCUT2D eigenvalue weighted by Crippen LogP contribution is -2.38. The van der Waals surface area contributed by atoms with Crippen LogP contribution in [0.4, 0.5) is 5.69 Å². The van der Waals surface area contributed by atoms with Crippen molar-refractivity contribution in [2.24, 2.45) is 5.92 Å². The number of para-hydroxylation sites is 3. The number of hydrogen-bond acceptors (Lipinski definition) is 3. The van der Waals surface area contributed by atoms with Gasteiger partial charge in [0.15, 0.2) is 5.75 Å². The Morgan fingerprint density at radius 3 is 2.32 bits per heavy atom. The van der Waals surface area contributed by atoms with Crippen LogP contribution in [0.15, 0.2) is 54.6 Å². The molecule has 0 atom stereocenters. The van der Waals surface area contributed by atoms with Gasteiger partial charge in [0, 0.05) is 25.9 Å². The predicted molar refractivity (Wildman–Crippen MR) is 98.8 cm³/mol. The minimum Gasteiger partial charge on any atom is -0.455 e. The average Bonchev–Trinajstić information content (AvgIpc) is 2.60. The molecule has 0 spiro atoms. The second-order valence-electron chi connectivity index (χ2n) is 6.00. The number of carbonyl (C=O) groups excluding carboxylic acids is 2. The molecule has 2 aromatic carbocycles. The summed E-state index contributed by atoms with van der Waals surface area (Å²) >= 11 is 0. The third-order valence-corrected chi connectivity index (χ3v) is 3.67. The van der Waals surface area contributed by atoms with E-state index in [1.54, 1.807) is 4.90 Å². The van der Waals surface area contributed by atoms with Gasteiger partial charge in [-0.3, -0.25) is 9.59 Å². The third kappa shape index (κ3) is 5.35. The molecule has 0 aliphatic carbocycles. The van der Waals surface area contributed by atoms with E-state index in [4.69, 9.17) is 4.74 Å². The lowest BCUT2D eigenvalue weighted by Gasteiger charge is -2.24. The van der Waals surface area contributed by atoms with Gasteiger partial charge in [-0.05, 0) is 24.3 Å². The van der Waals surface area contributed by atoms with Crippen molar-refractivity contribution in [2.75, 3.05) is 18.0 Å². The fourth-order valence-electron chi connectivity index (χ4n) is 2.32. The van der Waals surface area contributed by atoms with Crippen molar-refractivity contribution >= 4 is 17.5 Å². The van der Waals surface area contributed by atoms with Crippen molar-refractivity contribution in [2.45, 2.75) is 20.8 Å². The number of amides is 2. The molecule has 0 bridgehead atoms. The van der Waals surface area contributed by atoms with Crippen LogP contribution in [0.1, 0.15) is 20.8 Å². The first kappa shape index (κ1) is 18.5. The number of ether oxygens (including phenoxy) is 1. The highest BCUT2D eigenvalue weighted by Crippen LogP contribution is 2.32. The number of nitrogens with zero attached hydrogens (tertiary/aromatic N) is 1. The van der Waals surface area contributed by atoms with Crippen molar-refractivity contribution < 1.29 is 14.3 Å². The summed E-state index contributed by atoms with van der Waals surface area (Å²) < 4.78 is 5.93. The smallest absolute Gasteiger partial charge is 0.224 e. The van der Waals surface area contributed by atoms with Crippen molar-refractivity contribution in [3.05, 3.63) is 54.6 Å². The Bertz CT molecular complexity index is 714. The summed E-state index contributed by atoms with van der Waals surface area (Å²) in [6, 6.07) is 16.8. The largest absolute Gasteiger partial charge is 0.455 e. The van der Waals surface area contributed by atoms with Crippen LogP contribution in [-0.2, 0) is 9.59 Å². The second-order valence-corrected chi connectivity index (χ2v) is 6.00. The number of hydrogen-bond donors (Lipinski definition) is 1. The maximum absolute atomic E-state index is 12.1. The molecule has 5 heteroatoms. The van der Waals surface area contributed by atoms with Crippen LogP contribution in [0.3, 0.4) is 0 Å². The molecule has 2 amide bonds. The Morgan fingerprint density at radius 2 is 1.68 bits per heavy atom. The van der Waals surface area contributed by atoms with Crippen LogP contribution in [-0.4, -0.2) is 24.9 Å². The molecule has 0 aromatic heterocycles. The molecular formula is C20H24N2O3. The highest BCUT2D eigenvalue weighted by Gasteiger charge is 2.17. The van der Waals surface area contributed by atoms with Crippen LogP contribution in [0.2, 0.25) is 0 Å². The van der Waals surface area contributed by atoms with Gasteiger partial charge in [-0.2, -0.15) is 0 Å². The van der Waals surface area contributed by atoms with Gasteiger partial charge < -0.3 is 15.0 Å². The quantitative estimate of drug-likeness (QED) is 0.838. The van der Waals surface area contributed by atoms with E-state index >= 15 is 0 Å². The molecule has 2 rings (SSSR count). The Balaban J connectivity index is 2.15. The van der Waals surface area contributed by atoms with Crippen molar-refractivity contribution in [3.63, 3.8) is 0 Å². The van der Waals surface area contributed by atoms with Gasteiger partial charge in [-0.25, -0.2) is 0 Å². The van der Waals surface area contributed by atoms with E-state index in [1.165, 1.54) is 6.92 Å². The van der Waals surface area contributed by atoms with Crippen LogP contribution >= 0.6 is 0 Å². The van der Waals surface area contributed by atoms with E-state index in [9.17, 15) is 9.59 Å². The van der Waals surface area contributed by atoms with Gasteiger partial charge in [0.2, 0.25) is 11.8 Å². The monoisotopic (exact) mass is 340 g/mol. The maximum atomic E-state index is 12.1. The van der Waals surface area contributed by atoms with E-state index in [-0.39, 0.29) is 17.7 Å². The van der Waals surface area contributed by atoms with Gasteiger partial charge in [0.1, 0.15) is 5.75 Å². The van der Waals surface area contributed by atoms with E-state index in [1.807, 2.05) is 68.4 Å². The number of rotatable bonds is 7. The number of carbonyl (C=O) groups is 2. The SMILES string of the molecule is CC(=O)N(CCNC(=O)C(C)C)c1ccccc1Oc1ccccc1. The summed E-state index contributed by atoms with van der Waals surface area (Å²) in [4.78, 5) is 25.4. The number of anilines is 1. The van der Waals surface area contributed by atoms with Crippen molar-refractivity contribution in [1.82, 2.24) is 5.32 Å². The second kappa shape index (κ2) is 8.87. The normalized spacial score (nSPS) is 10.4. The summed E-state index contributed by atoms with van der Waals surface area (Å²) in [5, 5.41) is 2.83. The summed E-state index contributed by atoms with van der Waals surface area (Å²) in [7, 11) is 0. The minimum absolute atomic E-state index is 0.0303. The summed E-state index contributed by atoms with van der Waals surface area (Å²) in [5.41, 5.74) is 0.678. The van der Waals surface area contributed by atoms with E-state index < -0.39 is 0 Å². The maximum Gasteiger partial charge on any atom is 0.224 e. The number of benzene rings is 2. The molecule has 0 unspecified atom stereocenters. The molecule has 2 aromatic rings. The molecule has 0 saturated heterocycles. The molecule has 5 nitrogen and oxygen atoms in total. The highest BCUT2D eigenvalue weighted by atomic mass is 16.5. The molecule has 0 radical (unpaired) electrons. The van der Waals surface area contributed by atoms with Crippen LogP contribution < -0.4 is 15.0 Å². The Morgan fingerprint density at radius 1 is 1.04 bits per heavy atom. The highest BCUT2D eigenvalue weighted by molar-refractivity contribution is 5.93. The van der Waals surface area contributed by atoms with Crippen molar-refractivity contribution in [1.29, 1.82) is 0 Å². The fourth-order valence-corrected chi connectivity index (χ4v) is 2.32. The molecule has 0 heterocycles. The van der Waals surface area contributed by atoms with E-state index in [0.717, 1.165) is 0 Å². The standard InChI is InChI=1S/C20H24N2O3/c1-15(2)20(24)21-13-14-22(16(3)23)18-11-7-8-12-19(18)25-17-9-5-4-6-10-17/h4-12,15H,13-14H2,1-3H3,(H,21,24). The van der Waals surface area contributed by atoms with Crippen LogP contribution in [0.5, 0.6) is 11.5 Å². The molecule has 1 N–H and O–H groups in total. The summed E-state index contributed by atoms with van der Waals surface area (Å²) in [6.07, 6.45) is 0. The Kier molecular flexibility index (Phi) is 6.57. The Hall–Kier alpha value is -2.82. The van der Waals surface area contributed by atoms with Crippen LogP contribution in [0.25, 0.3) is 0 Å². The van der Waals surface area contributed by atoms with Gasteiger partial charge in [0.25, 0.3) is 0 Å². The molecule has 132 valence electrons. The third-order valence-electron chi connectivity index (χ3n) is 3.67. The molecule has 0 saturated carbocycles. The fraction of sp³-hybridized carbons (Fsp3) is 0.300. The lowest BCUT2D eigenvalue weighted by atomic mass is 10.2. The zero-order valence-electron chi connectivity index (χ0n) is 14.9. The molecular weight excluding hydrogens is 316 g/mol. The van der Waals surface area contributed by atoms with Crippen molar-refractivity contribution in [3.8, 4) is 11.5 Å². The molecule has 0 fully saturated rings. The first-order valence-electron chi connectivity index (χ1n) is 8.36. The van der Waals surface area contributed by atoms with E-state index in [0.29, 0.717) is 30.3 Å². The molecule has 0 aliphatic heterocycles. The van der Waals surface area contributed by atoms with Gasteiger partial charge in [0.05, 0.1) is 5.69 Å². The predicted octanol–water partition coefficient (Wildman–Crippen LogP) is 3.60. The first-order valence-corrected chi connectivity index (χ1v) is 8.36. The molecule has 0 aliphatic rings. The average molecular weight is 340 g/mol. The zero-order valence-corrected chi connectivity index (χ0v) is 14.9. The van der Waals surface area contributed by atoms with Crippen LogP contribution in [0, 0.1) is 5.92 Å². The van der Waals surface area contributed by atoms with Gasteiger partial charge >= 0.3 is 0 Å². The first-order chi connectivity index (χ1) is 12.0. The minimum atomic E-state index is -0.108. The molecule has 25 heavy (non-hydrogen) atoms. The summed E-state index contributed by atoms with van der Waals surface area (Å²) in [6.45, 7) is 5.94. The lowest BCUT2D eigenvalue weighted by molar-refractivity contribution is -0.124. The van der Waals surface area contributed by atoms with E-state index in [2.05, 4.69) is 5.32 Å². The topological polar surface area (TPSA) is 58.6 Å². The van der Waals surface area contributed by atoms with Gasteiger partial charge in [-0.15, -0.1) is 0 Å². The Labute approximate surface area is 148 Å². The zero-order chi connectivity index (χ0) is 18.2. The van der Waals surface area contributed by atoms with Gasteiger partial charge in [-0.1, -0.05) is 44.2 Å².